The van der Waals surface area contributed by atoms with Gasteiger partial charge in [-0.1, -0.05) is 12.1 Å². The topological polar surface area (TPSA) is 61.0 Å². The van der Waals surface area contributed by atoms with Crippen molar-refractivity contribution >= 4 is 5.96 Å². The fraction of sp³-hybridized carbons (Fsp3) is 0.389. The number of aliphatic hydroxyl groups excluding tert-OH is 1. The molecule has 2 rings (SSSR count). The Labute approximate surface area is 150 Å². The number of nitrogens with one attached hydrogen (secondary N) is 1. The first kappa shape index (κ1) is 19.8. The lowest BCUT2D eigenvalue weighted by Crippen LogP contribution is -2.38. The molecule has 0 saturated heterocycles. The maximum Gasteiger partial charge on any atom is 0.416 e. The van der Waals surface area contributed by atoms with Crippen molar-refractivity contribution < 1.29 is 22.7 Å². The maximum atomic E-state index is 12.6. The van der Waals surface area contributed by atoms with Crippen LogP contribution in [0.3, 0.4) is 0 Å². The van der Waals surface area contributed by atoms with E-state index >= 15 is 0 Å². The zero-order valence-electron chi connectivity index (χ0n) is 14.6. The summed E-state index contributed by atoms with van der Waals surface area (Å²) in [6.45, 7) is 3.01. The number of rotatable bonds is 6. The number of hydrogen-bond donors (Lipinski definition) is 2. The lowest BCUT2D eigenvalue weighted by molar-refractivity contribution is -0.137. The van der Waals surface area contributed by atoms with E-state index in [4.69, 9.17) is 4.42 Å². The molecule has 26 heavy (non-hydrogen) atoms. The monoisotopic (exact) mass is 369 g/mol. The van der Waals surface area contributed by atoms with E-state index < -0.39 is 17.8 Å². The highest BCUT2D eigenvalue weighted by atomic mass is 19.4. The summed E-state index contributed by atoms with van der Waals surface area (Å²) in [5.41, 5.74) is 0.0451. The molecule has 1 unspecified atom stereocenters. The molecule has 0 amide bonds. The van der Waals surface area contributed by atoms with Gasteiger partial charge < -0.3 is 19.7 Å². The third-order valence-electron chi connectivity index (χ3n) is 3.68. The van der Waals surface area contributed by atoms with Crippen molar-refractivity contribution in [2.75, 3.05) is 20.1 Å². The largest absolute Gasteiger partial charge is 0.467 e. The van der Waals surface area contributed by atoms with Crippen molar-refractivity contribution in [2.24, 2.45) is 4.99 Å². The van der Waals surface area contributed by atoms with Crippen molar-refractivity contribution in [3.63, 3.8) is 0 Å². The molecule has 5 nitrogen and oxygen atoms in total. The molecule has 8 heteroatoms. The van der Waals surface area contributed by atoms with Gasteiger partial charge in [0.15, 0.2) is 5.96 Å². The summed E-state index contributed by atoms with van der Waals surface area (Å²) in [5, 5.41) is 13.1. The SMILES string of the molecule is CCNC(=NCC(O)c1ccco1)N(C)Cc1ccc(C(F)(F)F)cc1. The summed E-state index contributed by atoms with van der Waals surface area (Å²) >= 11 is 0. The molecular weight excluding hydrogens is 347 g/mol. The van der Waals surface area contributed by atoms with Crippen LogP contribution in [-0.4, -0.2) is 36.1 Å². The van der Waals surface area contributed by atoms with Gasteiger partial charge in [0.25, 0.3) is 0 Å². The lowest BCUT2D eigenvalue weighted by atomic mass is 10.1. The van der Waals surface area contributed by atoms with Gasteiger partial charge in [-0.05, 0) is 36.8 Å². The lowest BCUT2D eigenvalue weighted by Gasteiger charge is -2.22. The van der Waals surface area contributed by atoms with Crippen molar-refractivity contribution in [2.45, 2.75) is 25.7 Å². The second kappa shape index (κ2) is 8.75. The molecule has 0 saturated carbocycles. The first-order valence-electron chi connectivity index (χ1n) is 8.18. The average molecular weight is 369 g/mol. The highest BCUT2D eigenvalue weighted by Crippen LogP contribution is 2.29. The van der Waals surface area contributed by atoms with Gasteiger partial charge in [0.2, 0.25) is 0 Å². The Bertz CT molecular complexity index is 697. The predicted molar refractivity (Wildman–Crippen MR) is 92.6 cm³/mol. The normalized spacial score (nSPS) is 13.5. The summed E-state index contributed by atoms with van der Waals surface area (Å²) in [5.74, 6) is 0.966. The van der Waals surface area contributed by atoms with Crippen LogP contribution in [0.2, 0.25) is 0 Å². The van der Waals surface area contributed by atoms with Crippen LogP contribution in [0.15, 0.2) is 52.1 Å². The molecule has 2 aromatic rings. The molecule has 1 aromatic carbocycles. The standard InChI is InChI=1S/C18H22F3N3O2/c1-3-22-17(23-11-15(25)16-5-4-10-26-16)24(2)12-13-6-8-14(9-7-13)18(19,20)21/h4-10,15,25H,3,11-12H2,1-2H3,(H,22,23). The summed E-state index contributed by atoms with van der Waals surface area (Å²) in [6, 6.07) is 8.37. The van der Waals surface area contributed by atoms with Gasteiger partial charge in [0, 0.05) is 20.1 Å². The number of benzene rings is 1. The minimum atomic E-state index is -4.34. The second-order valence-electron chi connectivity index (χ2n) is 5.78. The summed E-state index contributed by atoms with van der Waals surface area (Å²) in [4.78, 5) is 6.14. The number of furan rings is 1. The number of alkyl halides is 3. The Kier molecular flexibility index (Phi) is 6.68. The number of nitrogens with zero attached hydrogens (tertiary/aromatic N) is 2. The summed E-state index contributed by atoms with van der Waals surface area (Å²) < 4.78 is 43.0. The van der Waals surface area contributed by atoms with E-state index in [0.717, 1.165) is 17.7 Å². The van der Waals surface area contributed by atoms with E-state index in [-0.39, 0.29) is 6.54 Å². The highest BCUT2D eigenvalue weighted by Gasteiger charge is 2.29. The van der Waals surface area contributed by atoms with Gasteiger partial charge >= 0.3 is 6.18 Å². The van der Waals surface area contributed by atoms with E-state index in [0.29, 0.717) is 24.8 Å². The molecule has 1 heterocycles. The third kappa shape index (κ3) is 5.52. The van der Waals surface area contributed by atoms with Crippen LogP contribution in [0.25, 0.3) is 0 Å². The molecule has 0 spiro atoms. The van der Waals surface area contributed by atoms with E-state index in [1.165, 1.54) is 18.4 Å². The van der Waals surface area contributed by atoms with Crippen LogP contribution in [-0.2, 0) is 12.7 Å². The van der Waals surface area contributed by atoms with Crippen molar-refractivity contribution in [3.05, 3.63) is 59.5 Å². The number of aliphatic hydroxyl groups is 1. The van der Waals surface area contributed by atoms with Crippen LogP contribution < -0.4 is 5.32 Å². The molecule has 0 aliphatic rings. The van der Waals surface area contributed by atoms with Gasteiger partial charge in [0.05, 0.1) is 18.4 Å². The third-order valence-corrected chi connectivity index (χ3v) is 3.68. The van der Waals surface area contributed by atoms with Gasteiger partial charge in [-0.3, -0.25) is 0 Å². The molecule has 2 N–H and O–H groups in total. The zero-order valence-corrected chi connectivity index (χ0v) is 14.6. The molecule has 0 fully saturated rings. The molecule has 1 aromatic heterocycles. The average Bonchev–Trinajstić information content (AvgIpc) is 3.12. The van der Waals surface area contributed by atoms with E-state index in [1.807, 2.05) is 6.92 Å². The Hall–Kier alpha value is -2.48. The molecule has 0 aliphatic carbocycles. The van der Waals surface area contributed by atoms with E-state index in [2.05, 4.69) is 10.3 Å². The second-order valence-corrected chi connectivity index (χ2v) is 5.78. The van der Waals surface area contributed by atoms with Gasteiger partial charge in [-0.15, -0.1) is 0 Å². The minimum Gasteiger partial charge on any atom is -0.467 e. The molecule has 1 atom stereocenters. The zero-order chi connectivity index (χ0) is 19.2. The number of halogens is 3. The molecular formula is C18H22F3N3O2. The summed E-state index contributed by atoms with van der Waals surface area (Å²) in [7, 11) is 1.78. The quantitative estimate of drug-likeness (QED) is 0.605. The van der Waals surface area contributed by atoms with Crippen molar-refractivity contribution in [1.29, 1.82) is 0 Å². The molecule has 0 bridgehead atoms. The van der Waals surface area contributed by atoms with Crippen molar-refractivity contribution in [3.8, 4) is 0 Å². The number of guanidine groups is 1. The number of hydrogen-bond acceptors (Lipinski definition) is 3. The smallest absolute Gasteiger partial charge is 0.416 e. The van der Waals surface area contributed by atoms with Crippen LogP contribution in [0.4, 0.5) is 13.2 Å². The fourth-order valence-electron chi connectivity index (χ4n) is 2.36. The number of aliphatic imine (C=N–C) groups is 1. The summed E-state index contributed by atoms with van der Waals surface area (Å²) in [6.07, 6.45) is -3.73. The molecule has 0 aliphatic heterocycles. The van der Waals surface area contributed by atoms with E-state index in [9.17, 15) is 18.3 Å². The van der Waals surface area contributed by atoms with Gasteiger partial charge in [-0.25, -0.2) is 4.99 Å². The highest BCUT2D eigenvalue weighted by molar-refractivity contribution is 5.79. The first-order chi connectivity index (χ1) is 12.3. The van der Waals surface area contributed by atoms with Gasteiger partial charge in [-0.2, -0.15) is 13.2 Å². The van der Waals surface area contributed by atoms with Crippen LogP contribution in [0.5, 0.6) is 0 Å². The molecule has 0 radical (unpaired) electrons. The van der Waals surface area contributed by atoms with Gasteiger partial charge in [0.1, 0.15) is 11.9 Å². The molecule has 142 valence electrons. The minimum absolute atomic E-state index is 0.104. The van der Waals surface area contributed by atoms with Crippen LogP contribution in [0.1, 0.15) is 29.9 Å². The Morgan fingerprint density at radius 2 is 1.96 bits per heavy atom. The Balaban J connectivity index is 2.03. The van der Waals surface area contributed by atoms with E-state index in [1.54, 1.807) is 24.1 Å². The predicted octanol–water partition coefficient (Wildman–Crippen LogP) is 3.43. The maximum absolute atomic E-state index is 12.6. The van der Waals surface area contributed by atoms with Crippen molar-refractivity contribution in [1.82, 2.24) is 10.2 Å². The Morgan fingerprint density at radius 3 is 2.50 bits per heavy atom. The van der Waals surface area contributed by atoms with Crippen LogP contribution >= 0.6 is 0 Å². The first-order valence-corrected chi connectivity index (χ1v) is 8.18. The van der Waals surface area contributed by atoms with Crippen LogP contribution in [0, 0.1) is 0 Å². The Morgan fingerprint density at radius 1 is 1.27 bits per heavy atom. The fourth-order valence-corrected chi connectivity index (χ4v) is 2.36.